The van der Waals surface area contributed by atoms with Gasteiger partial charge in [0.05, 0.1) is 0 Å². The molecule has 1 aliphatic rings. The molecule has 7 heteroatoms. The summed E-state index contributed by atoms with van der Waals surface area (Å²) in [6, 6.07) is 12.9. The van der Waals surface area contributed by atoms with Crippen molar-refractivity contribution in [3.63, 3.8) is 0 Å². The lowest BCUT2D eigenvalue weighted by atomic mass is 10.1. The van der Waals surface area contributed by atoms with Crippen LogP contribution >= 0.6 is 0 Å². The van der Waals surface area contributed by atoms with Gasteiger partial charge in [0.2, 0.25) is 5.56 Å². The Balaban J connectivity index is 1.48. The molecule has 0 saturated carbocycles. The number of benzene rings is 1. The Hall–Kier alpha value is -3.35. The molecule has 0 unspecified atom stereocenters. The first-order valence-corrected chi connectivity index (χ1v) is 8.44. The quantitative estimate of drug-likeness (QED) is 0.781. The van der Waals surface area contributed by atoms with E-state index in [9.17, 15) is 9.59 Å². The van der Waals surface area contributed by atoms with Crippen molar-refractivity contribution >= 4 is 11.6 Å². The number of amides is 1. The second-order valence-electron chi connectivity index (χ2n) is 6.09. The molecule has 26 heavy (non-hydrogen) atoms. The first-order chi connectivity index (χ1) is 12.7. The summed E-state index contributed by atoms with van der Waals surface area (Å²) in [6.45, 7) is 2.45. The molecular weight excluding hydrogens is 332 g/mol. The topological polar surface area (TPSA) is 82.4 Å². The van der Waals surface area contributed by atoms with Crippen LogP contribution in [-0.4, -0.2) is 47.0 Å². The molecule has 1 aliphatic heterocycles. The molecular formula is C19H18N4O3. The van der Waals surface area contributed by atoms with Gasteiger partial charge in [-0.1, -0.05) is 30.3 Å². The summed E-state index contributed by atoms with van der Waals surface area (Å²) in [5, 5.41) is 0. The van der Waals surface area contributed by atoms with Crippen molar-refractivity contribution in [3.05, 3.63) is 71.1 Å². The maximum absolute atomic E-state index is 12.9. The molecule has 3 aromatic rings. The van der Waals surface area contributed by atoms with Crippen molar-refractivity contribution < 1.29 is 9.21 Å². The van der Waals surface area contributed by atoms with E-state index in [2.05, 4.69) is 14.9 Å². The van der Waals surface area contributed by atoms with Crippen LogP contribution in [-0.2, 0) is 0 Å². The number of aromatic amines is 1. The van der Waals surface area contributed by atoms with E-state index >= 15 is 0 Å². The number of nitrogens with one attached hydrogen (secondary N) is 1. The lowest BCUT2D eigenvalue weighted by Gasteiger charge is -2.35. The molecule has 0 bridgehead atoms. The molecule has 132 valence electrons. The van der Waals surface area contributed by atoms with Gasteiger partial charge in [0.25, 0.3) is 5.91 Å². The normalized spacial score (nSPS) is 14.5. The number of carbonyl (C=O) groups is 1. The zero-order chi connectivity index (χ0) is 17.9. The summed E-state index contributed by atoms with van der Waals surface area (Å²) in [4.78, 5) is 35.0. The van der Waals surface area contributed by atoms with Gasteiger partial charge in [0.1, 0.15) is 0 Å². The first kappa shape index (κ1) is 16.1. The van der Waals surface area contributed by atoms with E-state index in [0.29, 0.717) is 37.6 Å². The van der Waals surface area contributed by atoms with Crippen LogP contribution in [0.1, 0.15) is 10.5 Å². The van der Waals surface area contributed by atoms with Crippen molar-refractivity contribution in [2.45, 2.75) is 0 Å². The molecule has 1 N–H and O–H groups in total. The van der Waals surface area contributed by atoms with Crippen molar-refractivity contribution in [1.82, 2.24) is 14.9 Å². The van der Waals surface area contributed by atoms with Crippen LogP contribution in [0.4, 0.5) is 5.69 Å². The second kappa shape index (κ2) is 6.87. The third kappa shape index (κ3) is 3.11. The third-order valence-electron chi connectivity index (χ3n) is 4.50. The highest BCUT2D eigenvalue weighted by molar-refractivity contribution is 5.97. The third-order valence-corrected chi connectivity index (χ3v) is 4.50. The molecule has 0 aliphatic carbocycles. The van der Waals surface area contributed by atoms with Gasteiger partial charge in [-0.15, -0.1) is 0 Å². The van der Waals surface area contributed by atoms with Gasteiger partial charge >= 0.3 is 0 Å². The highest BCUT2D eigenvalue weighted by Gasteiger charge is 2.27. The largest absolute Gasteiger partial charge is 0.443 e. The minimum Gasteiger partial charge on any atom is -0.443 e. The van der Waals surface area contributed by atoms with Crippen molar-refractivity contribution in [3.8, 4) is 11.3 Å². The number of anilines is 1. The monoisotopic (exact) mass is 350 g/mol. The molecule has 7 nitrogen and oxygen atoms in total. The van der Waals surface area contributed by atoms with Crippen LogP contribution in [0.5, 0.6) is 0 Å². The van der Waals surface area contributed by atoms with Crippen LogP contribution in [0.3, 0.4) is 0 Å². The van der Waals surface area contributed by atoms with Gasteiger partial charge in [-0.25, -0.2) is 4.98 Å². The Morgan fingerprint density at radius 2 is 1.85 bits per heavy atom. The summed E-state index contributed by atoms with van der Waals surface area (Å²) < 4.78 is 5.46. The Kier molecular flexibility index (Phi) is 4.27. The Morgan fingerprint density at radius 3 is 2.58 bits per heavy atom. The summed E-state index contributed by atoms with van der Waals surface area (Å²) in [5.41, 5.74) is 1.90. The number of piperazine rings is 1. The first-order valence-electron chi connectivity index (χ1n) is 8.44. The number of pyridine rings is 1. The van der Waals surface area contributed by atoms with E-state index in [4.69, 9.17) is 4.42 Å². The summed E-state index contributed by atoms with van der Waals surface area (Å²) >= 11 is 0. The SMILES string of the molecule is O=C(c1ncoc1-c1ccccc1)N1CCN(c2cc[nH]c(=O)c2)CC1. The molecule has 0 radical (unpaired) electrons. The molecule has 1 aromatic carbocycles. The minimum atomic E-state index is -0.136. The Morgan fingerprint density at radius 1 is 1.08 bits per heavy atom. The number of hydrogen-bond acceptors (Lipinski definition) is 5. The fourth-order valence-corrected chi connectivity index (χ4v) is 3.14. The minimum absolute atomic E-state index is 0.129. The van der Waals surface area contributed by atoms with Crippen LogP contribution in [0, 0.1) is 0 Å². The Bertz CT molecular complexity index is 956. The van der Waals surface area contributed by atoms with E-state index in [0.717, 1.165) is 11.3 Å². The summed E-state index contributed by atoms with van der Waals surface area (Å²) in [6.07, 6.45) is 2.94. The molecule has 1 amide bonds. The molecule has 2 aromatic heterocycles. The van der Waals surface area contributed by atoms with Crippen LogP contribution in [0.15, 0.2) is 64.3 Å². The van der Waals surface area contributed by atoms with Crippen LogP contribution in [0.25, 0.3) is 11.3 Å². The summed E-state index contributed by atoms with van der Waals surface area (Å²) in [7, 11) is 0. The average Bonchev–Trinajstić information content (AvgIpc) is 3.18. The average molecular weight is 350 g/mol. The highest BCUT2D eigenvalue weighted by atomic mass is 16.3. The number of oxazole rings is 1. The zero-order valence-corrected chi connectivity index (χ0v) is 14.1. The number of rotatable bonds is 3. The van der Waals surface area contributed by atoms with E-state index in [-0.39, 0.29) is 11.5 Å². The predicted octanol–water partition coefficient (Wildman–Crippen LogP) is 1.99. The van der Waals surface area contributed by atoms with Gasteiger partial charge in [-0.2, -0.15) is 0 Å². The molecule has 0 spiro atoms. The molecule has 1 saturated heterocycles. The molecule has 3 heterocycles. The predicted molar refractivity (Wildman–Crippen MR) is 97.1 cm³/mol. The van der Waals surface area contributed by atoms with Crippen molar-refractivity contribution in [1.29, 1.82) is 0 Å². The maximum atomic E-state index is 12.9. The fourth-order valence-electron chi connectivity index (χ4n) is 3.14. The zero-order valence-electron chi connectivity index (χ0n) is 14.1. The number of hydrogen-bond donors (Lipinski definition) is 1. The van der Waals surface area contributed by atoms with E-state index in [1.165, 1.54) is 6.39 Å². The maximum Gasteiger partial charge on any atom is 0.276 e. The lowest BCUT2D eigenvalue weighted by Crippen LogP contribution is -2.49. The number of carbonyl (C=O) groups excluding carboxylic acids is 1. The lowest BCUT2D eigenvalue weighted by molar-refractivity contribution is 0.0742. The highest BCUT2D eigenvalue weighted by Crippen LogP contribution is 2.24. The molecule has 1 fully saturated rings. The molecule has 0 atom stereocenters. The smallest absolute Gasteiger partial charge is 0.276 e. The number of aromatic nitrogens is 2. The summed E-state index contributed by atoms with van der Waals surface area (Å²) in [5.74, 6) is 0.357. The van der Waals surface area contributed by atoms with Crippen LogP contribution < -0.4 is 10.5 Å². The Labute approximate surface area is 149 Å². The van der Waals surface area contributed by atoms with E-state index < -0.39 is 0 Å². The van der Waals surface area contributed by atoms with Gasteiger partial charge in [0, 0.05) is 49.7 Å². The van der Waals surface area contributed by atoms with Crippen LogP contribution in [0.2, 0.25) is 0 Å². The van der Waals surface area contributed by atoms with Gasteiger partial charge in [-0.05, 0) is 6.07 Å². The van der Waals surface area contributed by atoms with Gasteiger partial charge in [-0.3, -0.25) is 9.59 Å². The van der Waals surface area contributed by atoms with Crippen molar-refractivity contribution in [2.24, 2.45) is 0 Å². The van der Waals surface area contributed by atoms with Crippen molar-refractivity contribution in [2.75, 3.05) is 31.1 Å². The second-order valence-corrected chi connectivity index (χ2v) is 6.09. The fraction of sp³-hybridized carbons (Fsp3) is 0.211. The van der Waals surface area contributed by atoms with E-state index in [1.807, 2.05) is 36.4 Å². The molecule has 4 rings (SSSR count). The van der Waals surface area contributed by atoms with Gasteiger partial charge in [0.15, 0.2) is 17.8 Å². The number of H-pyrrole nitrogens is 1. The standard InChI is InChI=1S/C19H18N4O3/c24-16-12-15(6-7-20-16)22-8-10-23(11-9-22)19(25)17-18(26-13-21-17)14-4-2-1-3-5-14/h1-7,12-13H,8-11H2,(H,20,24). The number of nitrogens with zero attached hydrogens (tertiary/aromatic N) is 3. The van der Waals surface area contributed by atoms with Gasteiger partial charge < -0.3 is 19.2 Å². The van der Waals surface area contributed by atoms with E-state index in [1.54, 1.807) is 17.2 Å².